The molecular weight excluding hydrogens is 340 g/mol. The summed E-state index contributed by atoms with van der Waals surface area (Å²) >= 11 is 0. The van der Waals surface area contributed by atoms with Gasteiger partial charge in [0.1, 0.15) is 6.61 Å². The van der Waals surface area contributed by atoms with Crippen molar-refractivity contribution in [1.29, 1.82) is 0 Å². The molecular formula is C22H28N2O3. The van der Waals surface area contributed by atoms with Gasteiger partial charge in [-0.25, -0.2) is 4.79 Å². The molecule has 1 fully saturated rings. The molecule has 0 spiro atoms. The summed E-state index contributed by atoms with van der Waals surface area (Å²) in [4.78, 5) is 12.3. The number of rotatable bonds is 8. The van der Waals surface area contributed by atoms with Crippen LogP contribution in [0.15, 0.2) is 60.7 Å². The number of piperidine rings is 1. The zero-order valence-corrected chi connectivity index (χ0v) is 15.6. The molecule has 1 atom stereocenters. The molecule has 0 aromatic heterocycles. The van der Waals surface area contributed by atoms with E-state index >= 15 is 0 Å². The smallest absolute Gasteiger partial charge is 0.408 e. The molecule has 5 heteroatoms. The van der Waals surface area contributed by atoms with Crippen molar-refractivity contribution < 1.29 is 14.3 Å². The summed E-state index contributed by atoms with van der Waals surface area (Å²) in [5.41, 5.74) is 1.98. The van der Waals surface area contributed by atoms with Gasteiger partial charge in [-0.1, -0.05) is 60.7 Å². The highest BCUT2D eigenvalue weighted by Crippen LogP contribution is 2.16. The monoisotopic (exact) mass is 368 g/mol. The molecule has 1 amide bonds. The maximum absolute atomic E-state index is 12.3. The van der Waals surface area contributed by atoms with Crippen molar-refractivity contribution in [3.05, 3.63) is 71.8 Å². The maximum atomic E-state index is 12.3. The Bertz CT molecular complexity index is 672. The van der Waals surface area contributed by atoms with Gasteiger partial charge < -0.3 is 20.1 Å². The van der Waals surface area contributed by atoms with Crippen LogP contribution in [0.4, 0.5) is 4.79 Å². The Kier molecular flexibility index (Phi) is 7.69. The molecule has 3 rings (SSSR count). The summed E-state index contributed by atoms with van der Waals surface area (Å²) in [6.45, 7) is 3.53. The van der Waals surface area contributed by atoms with Crippen molar-refractivity contribution >= 4 is 6.09 Å². The lowest BCUT2D eigenvalue weighted by atomic mass is 9.99. The molecule has 0 bridgehead atoms. The summed E-state index contributed by atoms with van der Waals surface area (Å²) in [5.74, 6) is 0.590. The molecule has 5 nitrogen and oxygen atoms in total. The summed E-state index contributed by atoms with van der Waals surface area (Å²) in [7, 11) is 0. The van der Waals surface area contributed by atoms with Crippen molar-refractivity contribution in [2.75, 3.05) is 26.3 Å². The standard InChI is InChI=1S/C22H28N2O3/c25-22(27-16-18-7-3-1-4-8-18)24-21(20-9-5-2-6-10-20)17-26-15-19-11-13-23-14-12-19/h1-10,19,21,23H,11-17H2,(H,24,25). The van der Waals surface area contributed by atoms with E-state index in [0.29, 0.717) is 12.5 Å². The minimum Gasteiger partial charge on any atom is -0.445 e. The molecule has 2 N–H and O–H groups in total. The number of ether oxygens (including phenoxy) is 2. The summed E-state index contributed by atoms with van der Waals surface area (Å²) < 4.78 is 11.3. The molecule has 0 radical (unpaired) electrons. The van der Waals surface area contributed by atoms with Crippen LogP contribution in [0.2, 0.25) is 0 Å². The number of carbonyl (C=O) groups excluding carboxylic acids is 1. The molecule has 27 heavy (non-hydrogen) atoms. The van der Waals surface area contributed by atoms with Gasteiger partial charge in [-0.05, 0) is 43.0 Å². The van der Waals surface area contributed by atoms with E-state index in [-0.39, 0.29) is 12.6 Å². The number of benzene rings is 2. The first-order valence-corrected chi connectivity index (χ1v) is 9.62. The number of nitrogens with one attached hydrogen (secondary N) is 2. The van der Waals surface area contributed by atoms with Crippen LogP contribution in [0.25, 0.3) is 0 Å². The van der Waals surface area contributed by atoms with Gasteiger partial charge in [-0.2, -0.15) is 0 Å². The summed E-state index contributed by atoms with van der Waals surface area (Å²) in [5, 5.41) is 6.31. The molecule has 2 aromatic carbocycles. The van der Waals surface area contributed by atoms with Crippen molar-refractivity contribution in [2.24, 2.45) is 5.92 Å². The van der Waals surface area contributed by atoms with Gasteiger partial charge in [0, 0.05) is 6.61 Å². The van der Waals surface area contributed by atoms with Crippen molar-refractivity contribution in [2.45, 2.75) is 25.5 Å². The Balaban J connectivity index is 1.50. The van der Waals surface area contributed by atoms with E-state index in [0.717, 1.165) is 43.7 Å². The average Bonchev–Trinajstić information content (AvgIpc) is 2.74. The minimum atomic E-state index is -0.432. The third-order valence-corrected chi connectivity index (χ3v) is 4.80. The maximum Gasteiger partial charge on any atom is 0.408 e. The summed E-state index contributed by atoms with van der Waals surface area (Å²) in [6.07, 6.45) is 1.85. The minimum absolute atomic E-state index is 0.226. The number of amides is 1. The second kappa shape index (κ2) is 10.7. The van der Waals surface area contributed by atoms with Gasteiger partial charge in [0.2, 0.25) is 0 Å². The van der Waals surface area contributed by atoms with Crippen molar-refractivity contribution in [3.63, 3.8) is 0 Å². The van der Waals surface area contributed by atoms with Gasteiger partial charge in [-0.3, -0.25) is 0 Å². The lowest BCUT2D eigenvalue weighted by Crippen LogP contribution is -2.34. The fourth-order valence-electron chi connectivity index (χ4n) is 3.21. The molecule has 144 valence electrons. The van der Waals surface area contributed by atoms with Crippen molar-refractivity contribution in [1.82, 2.24) is 10.6 Å². The van der Waals surface area contributed by atoms with E-state index in [9.17, 15) is 4.79 Å². The Morgan fingerprint density at radius 1 is 1.04 bits per heavy atom. The Labute approximate surface area is 161 Å². The van der Waals surface area contributed by atoms with E-state index in [1.54, 1.807) is 0 Å². The molecule has 2 aromatic rings. The first-order chi connectivity index (χ1) is 13.3. The molecule has 1 unspecified atom stereocenters. The second-order valence-electron chi connectivity index (χ2n) is 6.90. The zero-order valence-electron chi connectivity index (χ0n) is 15.6. The zero-order chi connectivity index (χ0) is 18.7. The largest absolute Gasteiger partial charge is 0.445 e. The average molecular weight is 368 g/mol. The van der Waals surface area contributed by atoms with Gasteiger partial charge in [0.05, 0.1) is 12.6 Å². The van der Waals surface area contributed by atoms with Crippen LogP contribution in [0.1, 0.15) is 30.0 Å². The lowest BCUT2D eigenvalue weighted by molar-refractivity contribution is 0.0673. The van der Waals surface area contributed by atoms with E-state index < -0.39 is 6.09 Å². The highest BCUT2D eigenvalue weighted by atomic mass is 16.5. The van der Waals surface area contributed by atoms with E-state index in [4.69, 9.17) is 9.47 Å². The fourth-order valence-corrected chi connectivity index (χ4v) is 3.21. The molecule has 1 saturated heterocycles. The van der Waals surface area contributed by atoms with Crippen LogP contribution in [0.5, 0.6) is 0 Å². The van der Waals surface area contributed by atoms with Crippen LogP contribution in [0.3, 0.4) is 0 Å². The molecule has 1 aliphatic rings. The Morgan fingerprint density at radius 2 is 1.70 bits per heavy atom. The number of hydrogen-bond acceptors (Lipinski definition) is 4. The SMILES string of the molecule is O=C(NC(COCC1CCNCC1)c1ccccc1)OCc1ccccc1. The highest BCUT2D eigenvalue weighted by molar-refractivity contribution is 5.68. The van der Waals surface area contributed by atoms with Gasteiger partial charge in [0.25, 0.3) is 0 Å². The van der Waals surface area contributed by atoms with Crippen LogP contribution in [-0.4, -0.2) is 32.4 Å². The normalized spacial score (nSPS) is 15.9. The van der Waals surface area contributed by atoms with Crippen LogP contribution in [0, 0.1) is 5.92 Å². The molecule has 1 aliphatic heterocycles. The third-order valence-electron chi connectivity index (χ3n) is 4.80. The fraction of sp³-hybridized carbons (Fsp3) is 0.409. The topological polar surface area (TPSA) is 59.6 Å². The predicted molar refractivity (Wildman–Crippen MR) is 105 cm³/mol. The Hall–Kier alpha value is -2.37. The number of alkyl carbamates (subject to hydrolysis) is 1. The van der Waals surface area contributed by atoms with Crippen LogP contribution in [-0.2, 0) is 16.1 Å². The number of hydrogen-bond donors (Lipinski definition) is 2. The second-order valence-corrected chi connectivity index (χ2v) is 6.90. The van der Waals surface area contributed by atoms with Crippen molar-refractivity contribution in [3.8, 4) is 0 Å². The molecule has 0 aliphatic carbocycles. The first kappa shape index (κ1) is 19.4. The van der Waals surface area contributed by atoms with Crippen LogP contribution >= 0.6 is 0 Å². The number of carbonyl (C=O) groups is 1. The van der Waals surface area contributed by atoms with E-state index in [2.05, 4.69) is 10.6 Å². The first-order valence-electron chi connectivity index (χ1n) is 9.62. The molecule has 0 saturated carbocycles. The summed E-state index contributed by atoms with van der Waals surface area (Å²) in [6, 6.07) is 19.3. The molecule has 1 heterocycles. The van der Waals surface area contributed by atoms with Gasteiger partial charge in [-0.15, -0.1) is 0 Å². The quantitative estimate of drug-likeness (QED) is 0.746. The Morgan fingerprint density at radius 3 is 2.41 bits per heavy atom. The predicted octanol–water partition coefficient (Wildman–Crippen LogP) is 3.67. The highest BCUT2D eigenvalue weighted by Gasteiger charge is 2.18. The van der Waals surface area contributed by atoms with Gasteiger partial charge >= 0.3 is 6.09 Å². The third kappa shape index (κ3) is 6.70. The van der Waals surface area contributed by atoms with Gasteiger partial charge in [0.15, 0.2) is 0 Å². The van der Waals surface area contributed by atoms with Crippen LogP contribution < -0.4 is 10.6 Å². The van der Waals surface area contributed by atoms with E-state index in [1.165, 1.54) is 0 Å². The van der Waals surface area contributed by atoms with E-state index in [1.807, 2.05) is 60.7 Å². The lowest BCUT2D eigenvalue weighted by Gasteiger charge is -2.24.